The standard InChI is InChI=1S/C20H28ClN5/c1-4-23-20(24-11-9-16-7-8-19(21)25-12-16)26-14-18(15(2)3)17-6-5-10-22-13-17/h5-8,10,12-13,15,18H,4,9,11,14H2,1-3H3,(H2,23,24,26). The molecule has 6 heteroatoms. The molecule has 1 unspecified atom stereocenters. The first-order valence-electron chi connectivity index (χ1n) is 9.12. The van der Waals surface area contributed by atoms with E-state index in [0.29, 0.717) is 17.0 Å². The largest absolute Gasteiger partial charge is 0.357 e. The first kappa shape index (κ1) is 20.2. The van der Waals surface area contributed by atoms with Gasteiger partial charge >= 0.3 is 0 Å². The topological polar surface area (TPSA) is 62.2 Å². The molecule has 2 N–H and O–H groups in total. The van der Waals surface area contributed by atoms with Crippen molar-refractivity contribution in [3.05, 3.63) is 59.1 Å². The number of guanidine groups is 1. The average molecular weight is 374 g/mol. The number of aliphatic imine (C=N–C) groups is 1. The summed E-state index contributed by atoms with van der Waals surface area (Å²) in [6.07, 6.45) is 6.42. The number of nitrogens with one attached hydrogen (secondary N) is 2. The Morgan fingerprint density at radius 1 is 1.19 bits per heavy atom. The van der Waals surface area contributed by atoms with Crippen LogP contribution >= 0.6 is 11.6 Å². The zero-order valence-corrected chi connectivity index (χ0v) is 16.5. The lowest BCUT2D eigenvalue weighted by atomic mass is 9.89. The van der Waals surface area contributed by atoms with E-state index in [2.05, 4.69) is 47.4 Å². The summed E-state index contributed by atoms with van der Waals surface area (Å²) in [5.74, 6) is 1.68. The fourth-order valence-electron chi connectivity index (χ4n) is 2.71. The fourth-order valence-corrected chi connectivity index (χ4v) is 2.82. The van der Waals surface area contributed by atoms with Gasteiger partial charge in [-0.05, 0) is 42.5 Å². The lowest BCUT2D eigenvalue weighted by molar-refractivity contribution is 0.504. The Bertz CT molecular complexity index is 670. The predicted octanol–water partition coefficient (Wildman–Crippen LogP) is 3.67. The monoisotopic (exact) mass is 373 g/mol. The second-order valence-corrected chi connectivity index (χ2v) is 6.91. The Morgan fingerprint density at radius 3 is 2.65 bits per heavy atom. The highest BCUT2D eigenvalue weighted by Crippen LogP contribution is 2.23. The molecule has 0 aromatic carbocycles. The Kier molecular flexibility index (Phi) is 8.35. The molecule has 0 saturated carbocycles. The van der Waals surface area contributed by atoms with E-state index < -0.39 is 0 Å². The Labute approximate surface area is 161 Å². The van der Waals surface area contributed by atoms with Crippen molar-refractivity contribution in [3.8, 4) is 0 Å². The van der Waals surface area contributed by atoms with E-state index in [4.69, 9.17) is 16.6 Å². The summed E-state index contributed by atoms with van der Waals surface area (Å²) in [5, 5.41) is 7.22. The van der Waals surface area contributed by atoms with Crippen LogP contribution in [0.3, 0.4) is 0 Å². The highest BCUT2D eigenvalue weighted by molar-refractivity contribution is 6.29. The van der Waals surface area contributed by atoms with E-state index in [1.165, 1.54) is 5.56 Å². The molecule has 1 atom stereocenters. The number of pyridine rings is 2. The first-order valence-corrected chi connectivity index (χ1v) is 9.50. The van der Waals surface area contributed by atoms with Crippen molar-refractivity contribution in [2.24, 2.45) is 10.9 Å². The molecule has 2 rings (SSSR count). The van der Waals surface area contributed by atoms with Crippen molar-refractivity contribution in [1.29, 1.82) is 0 Å². The maximum atomic E-state index is 5.82. The maximum Gasteiger partial charge on any atom is 0.191 e. The van der Waals surface area contributed by atoms with Gasteiger partial charge in [0.15, 0.2) is 5.96 Å². The molecule has 2 aromatic rings. The van der Waals surface area contributed by atoms with Crippen LogP contribution in [0.15, 0.2) is 47.8 Å². The third kappa shape index (κ3) is 6.64. The minimum absolute atomic E-state index is 0.347. The highest BCUT2D eigenvalue weighted by Gasteiger charge is 2.15. The van der Waals surface area contributed by atoms with Gasteiger partial charge in [0.05, 0.1) is 0 Å². The first-order chi connectivity index (χ1) is 12.6. The van der Waals surface area contributed by atoms with Gasteiger partial charge in [-0.2, -0.15) is 0 Å². The summed E-state index contributed by atoms with van der Waals surface area (Å²) in [4.78, 5) is 13.1. The molecule has 140 valence electrons. The van der Waals surface area contributed by atoms with Crippen molar-refractivity contribution in [2.75, 3.05) is 19.6 Å². The molecular weight excluding hydrogens is 346 g/mol. The van der Waals surface area contributed by atoms with Crippen LogP contribution < -0.4 is 10.6 Å². The van der Waals surface area contributed by atoms with Crippen LogP contribution in [0.5, 0.6) is 0 Å². The smallest absolute Gasteiger partial charge is 0.191 e. The van der Waals surface area contributed by atoms with Gasteiger partial charge in [0.25, 0.3) is 0 Å². The van der Waals surface area contributed by atoms with E-state index in [1.807, 2.05) is 30.6 Å². The van der Waals surface area contributed by atoms with Crippen molar-refractivity contribution in [1.82, 2.24) is 20.6 Å². The van der Waals surface area contributed by atoms with Gasteiger partial charge < -0.3 is 10.6 Å². The van der Waals surface area contributed by atoms with Crippen molar-refractivity contribution in [3.63, 3.8) is 0 Å². The third-order valence-electron chi connectivity index (χ3n) is 4.20. The minimum Gasteiger partial charge on any atom is -0.357 e. The summed E-state index contributed by atoms with van der Waals surface area (Å²) >= 11 is 5.82. The van der Waals surface area contributed by atoms with Crippen molar-refractivity contribution in [2.45, 2.75) is 33.1 Å². The lowest BCUT2D eigenvalue weighted by Crippen LogP contribution is -2.38. The van der Waals surface area contributed by atoms with Crippen molar-refractivity contribution < 1.29 is 0 Å². The molecule has 0 fully saturated rings. The van der Waals surface area contributed by atoms with Crippen LogP contribution in [0.1, 0.15) is 37.8 Å². The summed E-state index contributed by atoms with van der Waals surface area (Å²) in [7, 11) is 0. The van der Waals surface area contributed by atoms with Gasteiger partial charge in [-0.3, -0.25) is 9.98 Å². The number of halogens is 1. The summed E-state index contributed by atoms with van der Waals surface area (Å²) in [6.45, 7) is 8.85. The number of aromatic nitrogens is 2. The van der Waals surface area contributed by atoms with Crippen LogP contribution in [0.4, 0.5) is 0 Å². The van der Waals surface area contributed by atoms with Gasteiger partial charge in [-0.25, -0.2) is 4.98 Å². The zero-order chi connectivity index (χ0) is 18.8. The van der Waals surface area contributed by atoms with Crippen molar-refractivity contribution >= 4 is 17.6 Å². The third-order valence-corrected chi connectivity index (χ3v) is 4.43. The zero-order valence-electron chi connectivity index (χ0n) is 15.7. The normalized spacial score (nSPS) is 12.9. The van der Waals surface area contributed by atoms with E-state index in [0.717, 1.165) is 37.6 Å². The number of nitrogens with zero attached hydrogens (tertiary/aromatic N) is 3. The van der Waals surface area contributed by atoms with Crippen LogP contribution in [0.25, 0.3) is 0 Å². The molecule has 5 nitrogen and oxygen atoms in total. The van der Waals surface area contributed by atoms with Crippen LogP contribution in [0.2, 0.25) is 5.15 Å². The van der Waals surface area contributed by atoms with Crippen LogP contribution in [0, 0.1) is 5.92 Å². The molecule has 2 heterocycles. The Hall–Kier alpha value is -2.14. The predicted molar refractivity (Wildman–Crippen MR) is 109 cm³/mol. The fraction of sp³-hybridized carbons (Fsp3) is 0.450. The Morgan fingerprint density at radius 2 is 2.04 bits per heavy atom. The summed E-state index contributed by atoms with van der Waals surface area (Å²) < 4.78 is 0. The molecule has 0 aliphatic heterocycles. The van der Waals surface area contributed by atoms with E-state index in [9.17, 15) is 0 Å². The maximum absolute atomic E-state index is 5.82. The SMILES string of the molecule is CCNC(=NCC(c1cccnc1)C(C)C)NCCc1ccc(Cl)nc1. The quantitative estimate of drug-likeness (QED) is 0.421. The van der Waals surface area contributed by atoms with E-state index in [1.54, 1.807) is 6.20 Å². The molecule has 0 bridgehead atoms. The van der Waals surface area contributed by atoms with E-state index >= 15 is 0 Å². The molecule has 0 spiro atoms. The molecule has 0 radical (unpaired) electrons. The van der Waals surface area contributed by atoms with Gasteiger partial charge in [-0.15, -0.1) is 0 Å². The molecule has 0 aliphatic rings. The molecule has 2 aromatic heterocycles. The highest BCUT2D eigenvalue weighted by atomic mass is 35.5. The minimum atomic E-state index is 0.347. The van der Waals surface area contributed by atoms with Gasteiger partial charge in [0.2, 0.25) is 0 Å². The van der Waals surface area contributed by atoms with Gasteiger partial charge in [-0.1, -0.05) is 37.6 Å². The van der Waals surface area contributed by atoms with Gasteiger partial charge in [0, 0.05) is 44.1 Å². The second-order valence-electron chi connectivity index (χ2n) is 6.52. The molecule has 0 aliphatic carbocycles. The Balaban J connectivity index is 1.94. The number of hydrogen-bond donors (Lipinski definition) is 2. The van der Waals surface area contributed by atoms with Crippen LogP contribution in [-0.2, 0) is 6.42 Å². The number of rotatable bonds is 8. The number of hydrogen-bond acceptors (Lipinski definition) is 3. The van der Waals surface area contributed by atoms with Gasteiger partial charge in [0.1, 0.15) is 5.15 Å². The average Bonchev–Trinajstić information content (AvgIpc) is 2.64. The summed E-state index contributed by atoms with van der Waals surface area (Å²) in [5.41, 5.74) is 2.38. The molecular formula is C20H28ClN5. The molecule has 26 heavy (non-hydrogen) atoms. The summed E-state index contributed by atoms with van der Waals surface area (Å²) in [6, 6.07) is 7.93. The molecule has 0 saturated heterocycles. The molecule has 0 amide bonds. The second kappa shape index (κ2) is 10.8. The van der Waals surface area contributed by atoms with Crippen LogP contribution in [-0.4, -0.2) is 35.6 Å². The lowest BCUT2D eigenvalue weighted by Gasteiger charge is -2.20. The van der Waals surface area contributed by atoms with E-state index in [-0.39, 0.29) is 0 Å².